The summed E-state index contributed by atoms with van der Waals surface area (Å²) in [6.45, 7) is 6.71. The molecular formula is C77H45F18N3. The molecule has 0 saturated heterocycles. The van der Waals surface area contributed by atoms with E-state index in [0.717, 1.165) is 53.1 Å². The smallest absolute Gasteiger partial charge is 0.309 e. The maximum Gasteiger partial charge on any atom is 0.417 e. The minimum absolute atomic E-state index is 0.00904. The number of halogens is 18. The Morgan fingerprint density at radius 2 is 0.602 bits per heavy atom. The summed E-state index contributed by atoms with van der Waals surface area (Å²) >= 11 is 0. The second kappa shape index (κ2) is 23.2. The van der Waals surface area contributed by atoms with E-state index < -0.39 is 87.1 Å². The van der Waals surface area contributed by atoms with Gasteiger partial charge in [0.05, 0.1) is 78.5 Å². The molecule has 0 N–H and O–H groups in total. The predicted octanol–water partition coefficient (Wildman–Crippen LogP) is 25.1. The summed E-state index contributed by atoms with van der Waals surface area (Å²) in [4.78, 5) is 0. The average Bonchev–Trinajstić information content (AvgIpc) is 1.54. The van der Waals surface area contributed by atoms with E-state index in [0.29, 0.717) is 63.3 Å². The van der Waals surface area contributed by atoms with Crippen LogP contribution in [0.1, 0.15) is 61.2 Å². The Balaban J connectivity index is 1.16. The van der Waals surface area contributed by atoms with Crippen molar-refractivity contribution in [3.8, 4) is 84.2 Å². The number of benzene rings is 11. The van der Waals surface area contributed by atoms with Crippen LogP contribution >= 0.6 is 0 Å². The summed E-state index contributed by atoms with van der Waals surface area (Å²) in [5.74, 6) is 0. The molecular weight excluding hydrogens is 1310 g/mol. The van der Waals surface area contributed by atoms with Crippen LogP contribution < -0.4 is 0 Å². The van der Waals surface area contributed by atoms with Crippen molar-refractivity contribution in [1.82, 2.24) is 9.13 Å². The minimum atomic E-state index is -5.43. The van der Waals surface area contributed by atoms with Gasteiger partial charge >= 0.3 is 37.1 Å². The van der Waals surface area contributed by atoms with Crippen molar-refractivity contribution in [3.63, 3.8) is 0 Å². The number of alkyl halides is 18. The molecule has 0 amide bonds. The highest BCUT2D eigenvalue weighted by molar-refractivity contribution is 6.14. The van der Waals surface area contributed by atoms with Gasteiger partial charge in [0.1, 0.15) is 0 Å². The van der Waals surface area contributed by atoms with Gasteiger partial charge in [-0.3, -0.25) is 0 Å². The Hall–Kier alpha value is -10.8. The molecule has 3 nitrogen and oxygen atoms in total. The van der Waals surface area contributed by atoms with E-state index in [2.05, 4.69) is 6.07 Å². The van der Waals surface area contributed by atoms with Crippen LogP contribution in [0.5, 0.6) is 0 Å². The molecule has 0 bridgehead atoms. The maximum atomic E-state index is 15.4. The van der Waals surface area contributed by atoms with Crippen molar-refractivity contribution in [2.24, 2.45) is 0 Å². The van der Waals surface area contributed by atoms with Gasteiger partial charge in [0.15, 0.2) is 0 Å². The molecule has 98 heavy (non-hydrogen) atoms. The SMILES string of the molecule is Cc1cc(C)cc(-c2ccc3c(c2)c2cc(-c4cc(C)cc(C(F)(F)F)c4)ccc2n3-c2cccc(C#N)c2-c2cc(-c3c(C(F)(F)F)cccc3C(F)(F)F)ccc2-n2c3ccc(-c4cc(C)cc(C(F)(F)F)c4)cc3c3cc(-c4cc(C(F)(F)F)cc(C(F)(F)F)c4)ccc32)c1. The second-order valence-corrected chi connectivity index (χ2v) is 24.2. The first-order chi connectivity index (χ1) is 45.9. The van der Waals surface area contributed by atoms with Gasteiger partial charge in [-0.15, -0.1) is 0 Å². The quantitative estimate of drug-likeness (QED) is 0.140. The lowest BCUT2D eigenvalue weighted by Crippen LogP contribution is -2.14. The molecule has 494 valence electrons. The first-order valence-electron chi connectivity index (χ1n) is 29.8. The topological polar surface area (TPSA) is 33.6 Å². The third-order valence-corrected chi connectivity index (χ3v) is 17.4. The highest BCUT2D eigenvalue weighted by atomic mass is 19.4. The Bertz CT molecular complexity index is 5400. The molecule has 0 spiro atoms. The molecule has 13 aromatic rings. The van der Waals surface area contributed by atoms with Gasteiger partial charge in [0, 0.05) is 38.2 Å². The fourth-order valence-corrected chi connectivity index (χ4v) is 13.3. The number of hydrogen-bond acceptors (Lipinski definition) is 1. The van der Waals surface area contributed by atoms with Crippen LogP contribution in [-0.2, 0) is 37.1 Å². The van der Waals surface area contributed by atoms with E-state index in [9.17, 15) is 57.9 Å². The van der Waals surface area contributed by atoms with Gasteiger partial charge in [-0.05, 0) is 216 Å². The van der Waals surface area contributed by atoms with Crippen molar-refractivity contribution < 1.29 is 79.0 Å². The number of nitriles is 1. The molecule has 2 heterocycles. The highest BCUT2D eigenvalue weighted by Crippen LogP contribution is 2.51. The Kier molecular flexibility index (Phi) is 15.6. The van der Waals surface area contributed by atoms with E-state index in [1.807, 2.05) is 38.1 Å². The van der Waals surface area contributed by atoms with Crippen molar-refractivity contribution in [3.05, 3.63) is 261 Å². The third-order valence-electron chi connectivity index (χ3n) is 17.4. The van der Waals surface area contributed by atoms with Gasteiger partial charge < -0.3 is 9.13 Å². The van der Waals surface area contributed by atoms with Crippen molar-refractivity contribution in [2.75, 3.05) is 0 Å². The standard InChI is InChI=1S/C77H45F18N3/c1-39-21-40(2)23-49(22-39)43-11-18-66-59(32-43)60-34-45(51-25-42(4)27-54(29-51)73(81,82)83)13-19-67(60)98(66)69-10-5-7-48(38-96)70(69)61-36-47(71-62(76(90,91)92)8-6-9-63(71)77(93,94)95)15-20-68(61)97-64-16-12-44(50-24-41(3)26-53(28-50)72(78,79)80)33-57(64)58-35-46(14-17-65(58)97)52-30-55(74(84,85)86)37-56(31-52)75(87,88)89/h5-37H,1-4H3. The van der Waals surface area contributed by atoms with Gasteiger partial charge in [0.2, 0.25) is 0 Å². The van der Waals surface area contributed by atoms with Crippen molar-refractivity contribution in [2.45, 2.75) is 64.8 Å². The number of hydrogen-bond donors (Lipinski definition) is 0. The summed E-state index contributed by atoms with van der Waals surface area (Å²) in [6, 6.07) is 42.9. The zero-order valence-electron chi connectivity index (χ0n) is 51.2. The number of aryl methyl sites for hydroxylation is 4. The van der Waals surface area contributed by atoms with Crippen LogP contribution in [0.4, 0.5) is 79.0 Å². The first-order valence-corrected chi connectivity index (χ1v) is 29.8. The van der Waals surface area contributed by atoms with Crippen LogP contribution in [0.15, 0.2) is 200 Å². The predicted molar refractivity (Wildman–Crippen MR) is 341 cm³/mol. The fraction of sp³-hybridized carbons (Fsp3) is 0.130. The van der Waals surface area contributed by atoms with Crippen LogP contribution in [-0.4, -0.2) is 9.13 Å². The zero-order chi connectivity index (χ0) is 70.2. The summed E-state index contributed by atoms with van der Waals surface area (Å²) in [7, 11) is 0. The van der Waals surface area contributed by atoms with Crippen LogP contribution in [0.2, 0.25) is 0 Å². The van der Waals surface area contributed by atoms with Gasteiger partial charge in [-0.25, -0.2) is 0 Å². The summed E-state index contributed by atoms with van der Waals surface area (Å²) in [5.41, 5.74) is -6.97. The monoisotopic (exact) mass is 1350 g/mol. The van der Waals surface area contributed by atoms with Gasteiger partial charge in [-0.1, -0.05) is 83.9 Å². The molecule has 11 aromatic carbocycles. The lowest BCUT2D eigenvalue weighted by Gasteiger charge is -2.23. The fourth-order valence-electron chi connectivity index (χ4n) is 13.3. The third kappa shape index (κ3) is 12.0. The van der Waals surface area contributed by atoms with Crippen LogP contribution in [0, 0.1) is 39.0 Å². The molecule has 0 radical (unpaired) electrons. The largest absolute Gasteiger partial charge is 0.417 e. The summed E-state index contributed by atoms with van der Waals surface area (Å²) in [5, 5.41) is 12.4. The molecule has 0 unspecified atom stereocenters. The Labute approximate surface area is 545 Å². The van der Waals surface area contributed by atoms with E-state index in [4.69, 9.17) is 0 Å². The number of aromatic nitrogens is 2. The molecule has 0 aliphatic carbocycles. The normalized spacial score (nSPS) is 12.8. The Morgan fingerprint density at radius 3 is 0.969 bits per heavy atom. The second-order valence-electron chi connectivity index (χ2n) is 24.2. The van der Waals surface area contributed by atoms with E-state index in [1.165, 1.54) is 85.1 Å². The Morgan fingerprint density at radius 1 is 0.276 bits per heavy atom. The first kappa shape index (κ1) is 65.9. The minimum Gasteiger partial charge on any atom is -0.309 e. The molecule has 0 atom stereocenters. The van der Waals surface area contributed by atoms with E-state index >= 15 is 26.3 Å². The molecule has 0 aliphatic rings. The maximum absolute atomic E-state index is 15.4. The zero-order valence-corrected chi connectivity index (χ0v) is 51.2. The summed E-state index contributed by atoms with van der Waals surface area (Å²) < 4.78 is 269. The molecule has 0 saturated carbocycles. The number of fused-ring (bicyclic) bond motifs is 6. The van der Waals surface area contributed by atoms with Crippen molar-refractivity contribution >= 4 is 43.6 Å². The highest BCUT2D eigenvalue weighted by Gasteiger charge is 2.42. The van der Waals surface area contributed by atoms with Gasteiger partial charge in [0.25, 0.3) is 0 Å². The molecule has 21 heteroatoms. The lowest BCUT2D eigenvalue weighted by molar-refractivity contribution is -0.144. The number of rotatable bonds is 8. The molecule has 2 aromatic heterocycles. The van der Waals surface area contributed by atoms with Crippen LogP contribution in [0.25, 0.3) is 122 Å². The van der Waals surface area contributed by atoms with Gasteiger partial charge in [-0.2, -0.15) is 84.3 Å². The van der Waals surface area contributed by atoms with Crippen LogP contribution in [0.3, 0.4) is 0 Å². The summed E-state index contributed by atoms with van der Waals surface area (Å²) in [6.07, 6.45) is -31.1. The molecule has 0 aliphatic heterocycles. The van der Waals surface area contributed by atoms with Crippen molar-refractivity contribution in [1.29, 1.82) is 5.26 Å². The van der Waals surface area contributed by atoms with E-state index in [1.54, 1.807) is 41.0 Å². The van der Waals surface area contributed by atoms with E-state index in [-0.39, 0.29) is 89.3 Å². The molecule has 13 rings (SSSR count). The lowest BCUT2D eigenvalue weighted by atomic mass is 9.89. The molecule has 0 fully saturated rings. The average molecular weight is 1350 g/mol. The number of nitrogens with zero attached hydrogens (tertiary/aromatic N) is 3.